The fourth-order valence-corrected chi connectivity index (χ4v) is 4.29. The lowest BCUT2D eigenvalue weighted by molar-refractivity contribution is 0.391. The predicted molar refractivity (Wildman–Crippen MR) is 94.9 cm³/mol. The van der Waals surface area contributed by atoms with E-state index in [1.54, 1.807) is 24.3 Å². The highest BCUT2D eigenvalue weighted by Crippen LogP contribution is 2.18. The zero-order valence-corrected chi connectivity index (χ0v) is 14.7. The van der Waals surface area contributed by atoms with Gasteiger partial charge in [0.1, 0.15) is 5.82 Å². The molecule has 0 aliphatic carbocycles. The Morgan fingerprint density at radius 3 is 2.92 bits per heavy atom. The summed E-state index contributed by atoms with van der Waals surface area (Å²) in [5.74, 6) is 1.72. The van der Waals surface area contributed by atoms with Crippen LogP contribution in [0.3, 0.4) is 0 Å². The average Bonchev–Trinajstić information content (AvgIpc) is 2.94. The Hall–Kier alpha value is -1.86. The Balaban J connectivity index is 1.39. The second-order valence-electron chi connectivity index (χ2n) is 6.29. The van der Waals surface area contributed by atoms with Gasteiger partial charge in [-0.1, -0.05) is 18.2 Å². The van der Waals surface area contributed by atoms with E-state index in [-0.39, 0.29) is 5.75 Å². The van der Waals surface area contributed by atoms with Crippen molar-refractivity contribution >= 4 is 15.7 Å². The van der Waals surface area contributed by atoms with Gasteiger partial charge in [-0.3, -0.25) is 0 Å². The number of aryl methyl sites for hydroxylation is 1. The quantitative estimate of drug-likeness (QED) is 0.745. The lowest BCUT2D eigenvalue weighted by atomic mass is 10.1. The van der Waals surface area contributed by atoms with Crippen LogP contribution in [0.25, 0.3) is 0 Å². The van der Waals surface area contributed by atoms with Crippen molar-refractivity contribution in [2.45, 2.75) is 24.8 Å². The van der Waals surface area contributed by atoms with Crippen LogP contribution in [0.2, 0.25) is 0 Å². The molecular weight excluding hydrogens is 324 g/mol. The van der Waals surface area contributed by atoms with Crippen molar-refractivity contribution in [3.8, 4) is 0 Å². The molecular formula is C17H24N4O2S. The number of sulfone groups is 1. The van der Waals surface area contributed by atoms with Crippen LogP contribution in [0, 0.1) is 12.8 Å². The number of fused-ring (bicyclic) bond motifs is 1. The maximum absolute atomic E-state index is 12.2. The zero-order valence-electron chi connectivity index (χ0n) is 13.9. The third-order valence-electron chi connectivity index (χ3n) is 4.21. The van der Waals surface area contributed by atoms with Crippen LogP contribution in [0.4, 0.5) is 5.82 Å². The molecule has 0 spiro atoms. The Labute approximate surface area is 143 Å². The smallest absolute Gasteiger partial charge is 0.178 e. The highest BCUT2D eigenvalue weighted by molar-refractivity contribution is 7.91. The third-order valence-corrected chi connectivity index (χ3v) is 6.02. The molecule has 1 aromatic heterocycles. The standard InChI is InChI=1S/C17H24N4O2S/c1-14-10-17-19-12-15(13-21(17)20-14)11-18-8-5-9-24(22,23)16-6-3-2-4-7-16/h2-4,6-7,10,15,18-19H,5,8-9,11-13H2,1H3. The summed E-state index contributed by atoms with van der Waals surface area (Å²) in [5, 5.41) is 11.2. The average molecular weight is 348 g/mol. The summed E-state index contributed by atoms with van der Waals surface area (Å²) in [7, 11) is -3.17. The van der Waals surface area contributed by atoms with E-state index >= 15 is 0 Å². The van der Waals surface area contributed by atoms with E-state index in [4.69, 9.17) is 0 Å². The van der Waals surface area contributed by atoms with Crippen LogP contribution >= 0.6 is 0 Å². The van der Waals surface area contributed by atoms with Crippen molar-refractivity contribution in [1.29, 1.82) is 0 Å². The van der Waals surface area contributed by atoms with Crippen molar-refractivity contribution in [2.24, 2.45) is 5.92 Å². The summed E-state index contributed by atoms with van der Waals surface area (Å²) in [6, 6.07) is 10.7. The minimum Gasteiger partial charge on any atom is -0.370 e. The Morgan fingerprint density at radius 2 is 2.12 bits per heavy atom. The van der Waals surface area contributed by atoms with E-state index in [9.17, 15) is 8.42 Å². The molecule has 6 nitrogen and oxygen atoms in total. The summed E-state index contributed by atoms with van der Waals surface area (Å²) in [6.07, 6.45) is 0.615. The van der Waals surface area contributed by atoms with Gasteiger partial charge in [-0.2, -0.15) is 5.10 Å². The highest BCUT2D eigenvalue weighted by Gasteiger charge is 2.19. The first-order valence-electron chi connectivity index (χ1n) is 8.31. The number of anilines is 1. The molecule has 1 unspecified atom stereocenters. The summed E-state index contributed by atoms with van der Waals surface area (Å²) in [6.45, 7) is 5.36. The SMILES string of the molecule is Cc1cc2n(n1)CC(CNCCCS(=O)(=O)c1ccccc1)CN2. The molecule has 7 heteroatoms. The molecule has 0 amide bonds. The predicted octanol–water partition coefficient (Wildman–Crippen LogP) is 1.69. The lowest BCUT2D eigenvalue weighted by Crippen LogP contribution is -2.35. The number of benzene rings is 1. The van der Waals surface area contributed by atoms with E-state index in [2.05, 4.69) is 21.8 Å². The van der Waals surface area contributed by atoms with Gasteiger partial charge < -0.3 is 10.6 Å². The Morgan fingerprint density at radius 1 is 1.33 bits per heavy atom. The second-order valence-corrected chi connectivity index (χ2v) is 8.40. The topological polar surface area (TPSA) is 76.0 Å². The largest absolute Gasteiger partial charge is 0.370 e. The zero-order chi connectivity index (χ0) is 17.0. The van der Waals surface area contributed by atoms with Gasteiger partial charge in [-0.25, -0.2) is 13.1 Å². The van der Waals surface area contributed by atoms with Gasteiger partial charge >= 0.3 is 0 Å². The maximum atomic E-state index is 12.2. The molecule has 1 aliphatic heterocycles. The molecule has 1 atom stereocenters. The number of nitrogens with zero attached hydrogens (tertiary/aromatic N) is 2. The maximum Gasteiger partial charge on any atom is 0.178 e. The van der Waals surface area contributed by atoms with Gasteiger partial charge in [0, 0.05) is 31.6 Å². The van der Waals surface area contributed by atoms with Crippen molar-refractivity contribution in [1.82, 2.24) is 15.1 Å². The molecule has 130 valence electrons. The van der Waals surface area contributed by atoms with E-state index in [1.807, 2.05) is 17.7 Å². The molecule has 0 saturated heterocycles. The molecule has 3 rings (SSSR count). The molecule has 2 heterocycles. The molecule has 0 fully saturated rings. The number of hydrogen-bond acceptors (Lipinski definition) is 5. The van der Waals surface area contributed by atoms with Crippen molar-refractivity contribution in [2.75, 3.05) is 30.7 Å². The van der Waals surface area contributed by atoms with Gasteiger partial charge in [0.15, 0.2) is 9.84 Å². The molecule has 2 N–H and O–H groups in total. The van der Waals surface area contributed by atoms with Crippen LogP contribution in [0.15, 0.2) is 41.3 Å². The molecule has 0 saturated carbocycles. The van der Waals surface area contributed by atoms with Gasteiger partial charge in [0.2, 0.25) is 0 Å². The first-order chi connectivity index (χ1) is 11.5. The molecule has 24 heavy (non-hydrogen) atoms. The van der Waals surface area contributed by atoms with Crippen molar-refractivity contribution in [3.05, 3.63) is 42.1 Å². The van der Waals surface area contributed by atoms with Crippen molar-refractivity contribution in [3.63, 3.8) is 0 Å². The number of hydrogen-bond donors (Lipinski definition) is 2. The summed E-state index contributed by atoms with van der Waals surface area (Å²) < 4.78 is 26.4. The summed E-state index contributed by atoms with van der Waals surface area (Å²) in [5.41, 5.74) is 1.03. The molecule has 2 aromatic rings. The lowest BCUT2D eigenvalue weighted by Gasteiger charge is -2.25. The fraction of sp³-hybridized carbons (Fsp3) is 0.471. The van der Waals surface area contributed by atoms with Gasteiger partial charge in [-0.05, 0) is 32.0 Å². The summed E-state index contributed by atoms with van der Waals surface area (Å²) >= 11 is 0. The minimum atomic E-state index is -3.17. The fourth-order valence-electron chi connectivity index (χ4n) is 2.96. The second kappa shape index (κ2) is 7.36. The first kappa shape index (κ1) is 17.0. The monoisotopic (exact) mass is 348 g/mol. The van der Waals surface area contributed by atoms with E-state index in [0.717, 1.165) is 31.1 Å². The third kappa shape index (κ3) is 4.15. The number of nitrogens with one attached hydrogen (secondary N) is 2. The molecule has 1 aromatic carbocycles. The first-order valence-corrected chi connectivity index (χ1v) is 9.97. The van der Waals surface area contributed by atoms with E-state index in [1.165, 1.54) is 0 Å². The Kier molecular flexibility index (Phi) is 5.20. The van der Waals surface area contributed by atoms with E-state index in [0.29, 0.717) is 23.8 Å². The summed E-state index contributed by atoms with van der Waals surface area (Å²) in [4.78, 5) is 0.406. The van der Waals surface area contributed by atoms with Gasteiger partial charge in [-0.15, -0.1) is 0 Å². The minimum absolute atomic E-state index is 0.176. The highest BCUT2D eigenvalue weighted by atomic mass is 32.2. The Bertz CT molecular complexity index is 771. The van der Waals surface area contributed by atoms with Gasteiger partial charge in [0.05, 0.1) is 16.3 Å². The molecule has 1 aliphatic rings. The van der Waals surface area contributed by atoms with E-state index < -0.39 is 9.84 Å². The van der Waals surface area contributed by atoms with Crippen LogP contribution in [0.1, 0.15) is 12.1 Å². The number of rotatable bonds is 7. The normalized spacial score (nSPS) is 17.3. The van der Waals surface area contributed by atoms with Crippen LogP contribution in [-0.2, 0) is 16.4 Å². The molecule has 0 radical (unpaired) electrons. The van der Waals surface area contributed by atoms with Crippen LogP contribution in [0.5, 0.6) is 0 Å². The van der Waals surface area contributed by atoms with Crippen molar-refractivity contribution < 1.29 is 8.42 Å². The molecule has 0 bridgehead atoms. The van der Waals surface area contributed by atoms with Crippen LogP contribution in [-0.4, -0.2) is 43.6 Å². The van der Waals surface area contributed by atoms with Gasteiger partial charge in [0.25, 0.3) is 0 Å². The van der Waals surface area contributed by atoms with Crippen LogP contribution < -0.4 is 10.6 Å². The number of aromatic nitrogens is 2.